The first-order valence-electron chi connectivity index (χ1n) is 22.1. The molecule has 3 aliphatic rings. The summed E-state index contributed by atoms with van der Waals surface area (Å²) in [5.74, 6) is -0.589. The number of nitro benzene ring substituents is 1. The average Bonchev–Trinajstić information content (AvgIpc) is 3.76. The molecule has 0 saturated carbocycles. The Morgan fingerprint density at radius 3 is 2.50 bits per heavy atom. The zero-order valence-electron chi connectivity index (χ0n) is 37.3. The molecule has 5 aromatic rings. The molecule has 19 heteroatoms. The van der Waals surface area contributed by atoms with E-state index in [4.69, 9.17) is 16.3 Å². The lowest BCUT2D eigenvalue weighted by Gasteiger charge is -2.39. The third-order valence-electron chi connectivity index (χ3n) is 13.0. The Bertz CT molecular complexity index is 2740. The predicted molar refractivity (Wildman–Crippen MR) is 260 cm³/mol. The number of hydrogen-bond acceptors (Lipinski definition) is 12. The molecule has 1 amide bonds. The summed E-state index contributed by atoms with van der Waals surface area (Å²) < 4.78 is 50.1. The summed E-state index contributed by atoms with van der Waals surface area (Å²) in [6.07, 6.45) is 7.54. The number of hydrogen-bond donors (Lipinski definition) is 4. The fraction of sp³-hybridized carbons (Fsp3) is 0.404. The Morgan fingerprint density at radius 1 is 1.05 bits per heavy atom. The number of aromatic amines is 1. The summed E-state index contributed by atoms with van der Waals surface area (Å²) in [7, 11) is -6.66. The number of benzene rings is 3. The Hall–Kier alpha value is -5.16. The number of aromatic nitrogens is 2. The van der Waals surface area contributed by atoms with E-state index in [0.29, 0.717) is 49.9 Å². The van der Waals surface area contributed by atoms with E-state index in [9.17, 15) is 32.6 Å². The maximum absolute atomic E-state index is 14.2. The molecule has 8 rings (SSSR count). The van der Waals surface area contributed by atoms with Crippen molar-refractivity contribution in [3.63, 3.8) is 0 Å². The summed E-state index contributed by atoms with van der Waals surface area (Å²) in [6.45, 7) is 10.7. The van der Waals surface area contributed by atoms with E-state index in [1.807, 2.05) is 29.8 Å². The van der Waals surface area contributed by atoms with Gasteiger partial charge < -0.3 is 19.9 Å². The molecule has 0 spiro atoms. The number of rotatable bonds is 15. The van der Waals surface area contributed by atoms with Gasteiger partial charge in [-0.15, -0.1) is 0 Å². The molecular formula is C47H56ClFN8O7PS+. The molecule has 0 bridgehead atoms. The van der Waals surface area contributed by atoms with Crippen LogP contribution in [0, 0.1) is 15.5 Å². The standard InChI is InChI=1S/C47H55ClFN8O7PS/c1-47(2)14-12-34(41(27-47)32-4-6-35(48)7-5-32)31-54-16-18-55(19-17-54)36-8-10-40(44(25-36)64-38-24-33-13-15-50-45(33)52-30-38)46(58)53-66(62,63)39-9-11-42(43(26-39)57(59)60)51-29-37(28-49)56-20-22-65(3,61)23-21-56/h4-11,13,15,24-26,30,37,51,61H,12,14,16-23,27-29,31H2,1-3H3,(H-,50,52,53,58)/p+1. The van der Waals surface area contributed by atoms with Gasteiger partial charge in [0.25, 0.3) is 21.6 Å². The molecule has 4 N–H and O–H groups in total. The maximum atomic E-state index is 14.2. The third kappa shape index (κ3) is 11.2. The number of nitrogens with zero attached hydrogens (tertiary/aromatic N) is 5. The second-order valence-corrected chi connectivity index (χ2v) is 24.1. The second-order valence-electron chi connectivity index (χ2n) is 18.4. The number of alkyl halides is 1. The van der Waals surface area contributed by atoms with Crippen molar-refractivity contribution in [2.75, 3.05) is 88.2 Å². The molecule has 66 heavy (non-hydrogen) atoms. The molecule has 15 nitrogen and oxygen atoms in total. The third-order valence-corrected chi connectivity index (χ3v) is 16.9. The van der Waals surface area contributed by atoms with Gasteiger partial charge >= 0.3 is 0 Å². The molecule has 2 fully saturated rings. The van der Waals surface area contributed by atoms with Gasteiger partial charge in [0.2, 0.25) is 0 Å². The van der Waals surface area contributed by atoms with Gasteiger partial charge in [0.05, 0.1) is 46.6 Å². The van der Waals surface area contributed by atoms with Gasteiger partial charge in [0, 0.05) is 86.8 Å². The molecule has 1 unspecified atom stereocenters. The molecular weight excluding hydrogens is 906 g/mol. The minimum absolute atomic E-state index is 0.00172. The van der Waals surface area contributed by atoms with Crippen molar-refractivity contribution in [2.24, 2.45) is 5.41 Å². The Labute approximate surface area is 390 Å². The molecule has 1 atom stereocenters. The van der Waals surface area contributed by atoms with Crippen LogP contribution in [-0.4, -0.2) is 128 Å². The van der Waals surface area contributed by atoms with Crippen LogP contribution in [0.25, 0.3) is 16.6 Å². The first-order valence-corrected chi connectivity index (χ1v) is 26.5. The maximum Gasteiger partial charge on any atom is 0.293 e. The average molecular weight is 963 g/mol. The minimum atomic E-state index is -4.65. The largest absolute Gasteiger partial charge is 0.455 e. The number of ether oxygens (including phenoxy) is 1. The highest BCUT2D eigenvalue weighted by molar-refractivity contribution is 7.90. The minimum Gasteiger partial charge on any atom is -0.455 e. The van der Waals surface area contributed by atoms with E-state index in [1.165, 1.54) is 35.0 Å². The number of fused-ring (bicyclic) bond motifs is 1. The zero-order chi connectivity index (χ0) is 46.8. The van der Waals surface area contributed by atoms with Crippen LogP contribution in [0.3, 0.4) is 0 Å². The van der Waals surface area contributed by atoms with Crippen molar-refractivity contribution < 1.29 is 32.2 Å². The molecule has 1 aliphatic carbocycles. The number of nitrogens with one attached hydrogen (secondary N) is 3. The van der Waals surface area contributed by atoms with Crippen LogP contribution >= 0.6 is 19.1 Å². The van der Waals surface area contributed by atoms with Gasteiger partial charge in [0.1, 0.15) is 37.0 Å². The Morgan fingerprint density at radius 2 is 1.79 bits per heavy atom. The normalized spacial score (nSPS) is 18.5. The highest BCUT2D eigenvalue weighted by Crippen LogP contribution is 2.52. The van der Waals surface area contributed by atoms with Gasteiger partial charge in [-0.3, -0.25) is 29.6 Å². The van der Waals surface area contributed by atoms with E-state index in [1.54, 1.807) is 24.4 Å². The lowest BCUT2D eigenvalue weighted by Crippen LogP contribution is -2.47. The van der Waals surface area contributed by atoms with Crippen LogP contribution in [0.15, 0.2) is 95.7 Å². The number of piperazine rings is 1. The lowest BCUT2D eigenvalue weighted by atomic mass is 9.72. The molecule has 2 aromatic heterocycles. The predicted octanol–water partition coefficient (Wildman–Crippen LogP) is 8.44. The Kier molecular flexibility index (Phi) is 14.0. The fourth-order valence-corrected chi connectivity index (χ4v) is 11.7. The van der Waals surface area contributed by atoms with E-state index < -0.39 is 51.6 Å². The summed E-state index contributed by atoms with van der Waals surface area (Å²) in [5.41, 5.74) is 5.06. The van der Waals surface area contributed by atoms with Gasteiger partial charge in [-0.2, -0.15) is 0 Å². The summed E-state index contributed by atoms with van der Waals surface area (Å²) in [5, 5.41) is 16.6. The first-order chi connectivity index (χ1) is 31.5. The van der Waals surface area contributed by atoms with Crippen molar-refractivity contribution >= 4 is 68.7 Å². The number of halogens is 2. The number of anilines is 2. The van der Waals surface area contributed by atoms with E-state index in [-0.39, 0.29) is 29.0 Å². The lowest BCUT2D eigenvalue weighted by molar-refractivity contribution is -0.384. The van der Waals surface area contributed by atoms with Gasteiger partial charge in [-0.25, -0.2) is 22.5 Å². The Balaban J connectivity index is 0.988. The number of carbonyl (C=O) groups excluding carboxylic acids is 1. The molecule has 2 aliphatic heterocycles. The number of allylic oxidation sites excluding steroid dienone is 1. The number of pyridine rings is 1. The van der Waals surface area contributed by atoms with Crippen LogP contribution < -0.4 is 19.7 Å². The number of sulfonamides is 1. The van der Waals surface area contributed by atoms with Gasteiger partial charge in [-0.1, -0.05) is 43.2 Å². The zero-order valence-corrected chi connectivity index (χ0v) is 39.8. The molecule has 350 valence electrons. The first kappa shape index (κ1) is 47.3. The fourth-order valence-electron chi connectivity index (χ4n) is 8.98. The van der Waals surface area contributed by atoms with Crippen LogP contribution in [0.1, 0.15) is 49.0 Å². The second kappa shape index (κ2) is 19.6. The smallest absolute Gasteiger partial charge is 0.293 e. The highest BCUT2D eigenvalue weighted by atomic mass is 35.5. The number of H-pyrrole nitrogens is 1. The van der Waals surface area contributed by atoms with E-state index >= 15 is 0 Å². The number of carbonyl (C=O) groups is 1. The highest BCUT2D eigenvalue weighted by Gasteiger charge is 2.37. The van der Waals surface area contributed by atoms with Crippen LogP contribution in [0.2, 0.25) is 5.02 Å². The number of amides is 1. The number of nitro groups is 1. The summed E-state index contributed by atoms with van der Waals surface area (Å²) in [4.78, 5) is 49.4. The van der Waals surface area contributed by atoms with Crippen LogP contribution in [0.4, 0.5) is 21.5 Å². The molecule has 4 heterocycles. The van der Waals surface area contributed by atoms with Crippen LogP contribution in [-0.2, 0) is 10.0 Å². The van der Waals surface area contributed by atoms with E-state index in [0.717, 1.165) is 67.1 Å². The molecule has 3 aromatic carbocycles. The van der Waals surface area contributed by atoms with Crippen LogP contribution in [0.5, 0.6) is 11.5 Å². The van der Waals surface area contributed by atoms with Gasteiger partial charge in [-0.05, 0) is 84.3 Å². The molecule has 2 saturated heterocycles. The topological polar surface area (TPSA) is 186 Å². The quantitative estimate of drug-likeness (QED) is 0.0447. The van der Waals surface area contributed by atoms with Crippen molar-refractivity contribution in [2.45, 2.75) is 44.0 Å². The molecule has 0 radical (unpaired) electrons. The SMILES string of the molecule is CC1(C)CCC(CN2CCN(c3ccc(C(=O)NS(=O)(=O)c4ccc(NCC(CF)N5CC[P+](C)(O)CC5)c([N+](=O)[O-])c4)c(Oc4cnc5[nH]ccc5c4)c3)CC2)=C(c2ccc(Cl)cc2)C1. The van der Waals surface area contributed by atoms with Crippen molar-refractivity contribution in [3.8, 4) is 11.5 Å². The summed E-state index contributed by atoms with van der Waals surface area (Å²) in [6, 6.07) is 19.3. The van der Waals surface area contributed by atoms with Crippen molar-refractivity contribution in [1.29, 1.82) is 0 Å². The monoisotopic (exact) mass is 961 g/mol. The van der Waals surface area contributed by atoms with Crippen molar-refractivity contribution in [1.82, 2.24) is 24.5 Å². The summed E-state index contributed by atoms with van der Waals surface area (Å²) >= 11 is 6.24. The van der Waals surface area contributed by atoms with E-state index in [2.05, 4.69) is 55.8 Å². The van der Waals surface area contributed by atoms with Gasteiger partial charge in [0.15, 0.2) is 0 Å². The van der Waals surface area contributed by atoms with Crippen molar-refractivity contribution in [3.05, 3.63) is 117 Å².